The lowest BCUT2D eigenvalue weighted by atomic mass is 9.32. The fourth-order valence-corrected chi connectivity index (χ4v) is 12.4. The third-order valence-electron chi connectivity index (χ3n) is 14.9. The van der Waals surface area contributed by atoms with E-state index in [9.17, 15) is 20.3 Å². The number of aliphatic hydroxyl groups is 1. The van der Waals surface area contributed by atoms with E-state index in [2.05, 4.69) is 53.3 Å². The summed E-state index contributed by atoms with van der Waals surface area (Å²) in [4.78, 5) is 13.2. The molecule has 0 aromatic heterocycles. The molecule has 0 bridgehead atoms. The molecule has 2 N–H and O–H groups in total. The molecule has 0 radical (unpaired) electrons. The van der Waals surface area contributed by atoms with Crippen LogP contribution in [-0.4, -0.2) is 22.3 Å². The van der Waals surface area contributed by atoms with Crippen LogP contribution >= 0.6 is 0 Å². The molecule has 42 heavy (non-hydrogen) atoms. The number of carboxylic acid groups (broad SMARTS) is 1. The number of fused-ring (bicyclic) bond motifs is 7. The maximum atomic E-state index is 13.2. The second kappa shape index (κ2) is 9.82. The maximum absolute atomic E-state index is 13.2. The largest absolute Gasteiger partial charge is 0.481 e. The van der Waals surface area contributed by atoms with Crippen LogP contribution in [0.25, 0.3) is 6.08 Å². The van der Waals surface area contributed by atoms with Crippen molar-refractivity contribution >= 4 is 12.0 Å². The van der Waals surface area contributed by atoms with Gasteiger partial charge in [-0.25, -0.2) is 0 Å². The van der Waals surface area contributed by atoms with Crippen LogP contribution in [0.4, 0.5) is 0 Å². The average molecular weight is 570 g/mol. The van der Waals surface area contributed by atoms with Crippen molar-refractivity contribution in [2.45, 2.75) is 105 Å². The smallest absolute Gasteiger partial charge is 0.309 e. The van der Waals surface area contributed by atoms with Gasteiger partial charge >= 0.3 is 5.97 Å². The predicted molar refractivity (Wildman–Crippen MR) is 167 cm³/mol. The van der Waals surface area contributed by atoms with Crippen LogP contribution in [0.3, 0.4) is 0 Å². The van der Waals surface area contributed by atoms with Crippen molar-refractivity contribution in [3.05, 3.63) is 53.6 Å². The fourth-order valence-electron chi connectivity index (χ4n) is 12.4. The minimum atomic E-state index is -0.669. The number of rotatable bonds is 4. The van der Waals surface area contributed by atoms with E-state index in [-0.39, 0.29) is 39.6 Å². The van der Waals surface area contributed by atoms with Gasteiger partial charge in [-0.2, -0.15) is 5.26 Å². The fraction of sp³-hybridized carbons (Fsp3) is 0.684. The molecule has 1 aromatic rings. The monoisotopic (exact) mass is 569 g/mol. The van der Waals surface area contributed by atoms with Gasteiger partial charge in [0.05, 0.1) is 23.2 Å². The van der Waals surface area contributed by atoms with E-state index in [0.717, 1.165) is 68.9 Å². The van der Waals surface area contributed by atoms with Crippen LogP contribution in [0.2, 0.25) is 0 Å². The molecule has 0 spiro atoms. The average Bonchev–Trinajstić information content (AvgIpc) is 3.36. The molecule has 226 valence electrons. The molecule has 4 nitrogen and oxygen atoms in total. The molecular formula is C38H51NO3. The molecule has 5 fully saturated rings. The summed E-state index contributed by atoms with van der Waals surface area (Å²) >= 11 is 0. The number of allylic oxidation sites excluding steroid dienone is 2. The Hall–Kier alpha value is -2.38. The number of hydrogen-bond acceptors (Lipinski definition) is 3. The molecule has 6 rings (SSSR count). The minimum Gasteiger partial charge on any atom is -0.481 e. The predicted octanol–water partition coefficient (Wildman–Crippen LogP) is 8.65. The summed E-state index contributed by atoms with van der Waals surface area (Å²) < 4.78 is 0. The van der Waals surface area contributed by atoms with Gasteiger partial charge in [0.1, 0.15) is 0 Å². The zero-order valence-electron chi connectivity index (χ0n) is 26.5. The Morgan fingerprint density at radius 3 is 2.38 bits per heavy atom. The minimum absolute atomic E-state index is 0.0676. The summed E-state index contributed by atoms with van der Waals surface area (Å²) in [7, 11) is 0. The zero-order chi connectivity index (χ0) is 30.3. The molecule has 5 aliphatic carbocycles. The molecule has 0 amide bonds. The first-order valence-corrected chi connectivity index (χ1v) is 16.5. The Kier molecular flexibility index (Phi) is 6.94. The number of aliphatic hydroxyl groups excluding tert-OH is 1. The van der Waals surface area contributed by atoms with Crippen molar-refractivity contribution < 1.29 is 15.0 Å². The van der Waals surface area contributed by atoms with Crippen molar-refractivity contribution in [2.24, 2.45) is 56.7 Å². The molecule has 5 saturated carbocycles. The first-order valence-electron chi connectivity index (χ1n) is 16.5. The van der Waals surface area contributed by atoms with Crippen molar-refractivity contribution in [1.29, 1.82) is 5.26 Å². The summed E-state index contributed by atoms with van der Waals surface area (Å²) in [6.07, 6.45) is 13.8. The normalized spacial score (nSPS) is 45.6. The summed E-state index contributed by atoms with van der Waals surface area (Å²) in [5, 5.41) is 31.4. The second-order valence-corrected chi connectivity index (χ2v) is 16.3. The van der Waals surface area contributed by atoms with E-state index < -0.39 is 11.4 Å². The topological polar surface area (TPSA) is 81.3 Å². The zero-order valence-corrected chi connectivity index (χ0v) is 26.5. The molecule has 1 aromatic carbocycles. The highest BCUT2D eigenvalue weighted by atomic mass is 16.4. The SMILES string of the molecule is C=C(/C=C/c1ccccc1C#N)[C@@H]1CC[C@]2(C(=O)O)CC[C@]3(C)[C@H](CC[C@@H]4[C@@]5(C)CC[C@H](O)C(C)(C)[C@@H]5CC[C@]43C)[C@@H]12. The Labute approximate surface area is 253 Å². The molecule has 0 unspecified atom stereocenters. The van der Waals surface area contributed by atoms with Gasteiger partial charge in [0, 0.05) is 0 Å². The highest BCUT2D eigenvalue weighted by molar-refractivity contribution is 5.76. The van der Waals surface area contributed by atoms with E-state index >= 15 is 0 Å². The number of nitriles is 1. The number of benzene rings is 1. The Bertz CT molecular complexity index is 1350. The van der Waals surface area contributed by atoms with Crippen molar-refractivity contribution in [1.82, 2.24) is 0 Å². The molecule has 4 heteroatoms. The molecule has 5 aliphatic rings. The van der Waals surface area contributed by atoms with Crippen LogP contribution in [0.15, 0.2) is 42.5 Å². The van der Waals surface area contributed by atoms with Gasteiger partial charge in [0.25, 0.3) is 0 Å². The van der Waals surface area contributed by atoms with Gasteiger partial charge in [-0.3, -0.25) is 4.79 Å². The number of aliphatic carboxylic acids is 1. The number of hydrogen-bond donors (Lipinski definition) is 2. The highest BCUT2D eigenvalue weighted by Gasteiger charge is 2.72. The lowest BCUT2D eigenvalue weighted by Crippen LogP contribution is -2.67. The molecule has 0 heterocycles. The van der Waals surface area contributed by atoms with Gasteiger partial charge in [-0.15, -0.1) is 0 Å². The lowest BCUT2D eigenvalue weighted by Gasteiger charge is -2.72. The van der Waals surface area contributed by atoms with Crippen LogP contribution in [0.5, 0.6) is 0 Å². The van der Waals surface area contributed by atoms with Gasteiger partial charge in [-0.05, 0) is 127 Å². The van der Waals surface area contributed by atoms with Crippen LogP contribution in [-0.2, 0) is 4.79 Å². The van der Waals surface area contributed by atoms with Gasteiger partial charge in [0.15, 0.2) is 0 Å². The Morgan fingerprint density at radius 2 is 1.67 bits per heavy atom. The standard InChI is InChI=1S/C38H51NO3/c1-24(11-12-25-9-7-8-10-26(25)23-39)27-15-20-38(33(41)42)22-21-36(5)28(32(27)38)13-14-30-35(4)18-17-31(40)34(2,3)29(35)16-19-37(30,36)6/h7-12,27-32,40H,1,13-22H2,2-6H3,(H,41,42)/b12-11+/t27-,28+,29-,30+,31-,32+,35-,36+,37+,38-/m0/s1. The van der Waals surface area contributed by atoms with E-state index in [1.54, 1.807) is 0 Å². The highest BCUT2D eigenvalue weighted by Crippen LogP contribution is 2.77. The van der Waals surface area contributed by atoms with Crippen molar-refractivity contribution in [3.63, 3.8) is 0 Å². The summed E-state index contributed by atoms with van der Waals surface area (Å²) in [5.74, 6) is 1.11. The van der Waals surface area contributed by atoms with Crippen LogP contribution in [0, 0.1) is 68.0 Å². The third kappa shape index (κ3) is 3.84. The molecule has 0 saturated heterocycles. The Balaban J connectivity index is 1.35. The second-order valence-electron chi connectivity index (χ2n) is 16.3. The molecule has 0 aliphatic heterocycles. The third-order valence-corrected chi connectivity index (χ3v) is 14.9. The molecule has 10 atom stereocenters. The van der Waals surface area contributed by atoms with E-state index in [4.69, 9.17) is 0 Å². The molecular weight excluding hydrogens is 518 g/mol. The van der Waals surface area contributed by atoms with Gasteiger partial charge in [-0.1, -0.05) is 77.1 Å². The van der Waals surface area contributed by atoms with Crippen LogP contribution < -0.4 is 0 Å². The van der Waals surface area contributed by atoms with Gasteiger partial charge in [0.2, 0.25) is 0 Å². The van der Waals surface area contributed by atoms with Gasteiger partial charge < -0.3 is 10.2 Å². The summed E-state index contributed by atoms with van der Waals surface area (Å²) in [5.41, 5.74) is 2.25. The first-order chi connectivity index (χ1) is 19.8. The summed E-state index contributed by atoms with van der Waals surface area (Å²) in [6, 6.07) is 9.91. The maximum Gasteiger partial charge on any atom is 0.309 e. The quantitative estimate of drug-likeness (QED) is 0.356. The van der Waals surface area contributed by atoms with Crippen LogP contribution in [0.1, 0.15) is 110 Å². The number of carbonyl (C=O) groups is 1. The Morgan fingerprint density at radius 1 is 0.929 bits per heavy atom. The summed E-state index contributed by atoms with van der Waals surface area (Å²) in [6.45, 7) is 16.8. The van der Waals surface area contributed by atoms with E-state index in [0.29, 0.717) is 23.3 Å². The van der Waals surface area contributed by atoms with Crippen molar-refractivity contribution in [3.8, 4) is 6.07 Å². The number of nitrogens with zero attached hydrogens (tertiary/aromatic N) is 1. The number of carboxylic acids is 1. The van der Waals surface area contributed by atoms with E-state index in [1.807, 2.05) is 30.3 Å². The van der Waals surface area contributed by atoms with E-state index in [1.165, 1.54) is 6.42 Å². The lowest BCUT2D eigenvalue weighted by molar-refractivity contribution is -0.248. The van der Waals surface area contributed by atoms with Crippen molar-refractivity contribution in [2.75, 3.05) is 0 Å². The first kappa shape index (κ1) is 29.7.